The molecule has 0 N–H and O–H groups in total. The van der Waals surface area contributed by atoms with E-state index in [-0.39, 0.29) is 0 Å². The Labute approximate surface area is 53.0 Å². The average molecular weight is 121 g/mol. The molecule has 0 aromatic rings. The molecule has 0 amide bonds. The highest BCUT2D eigenvalue weighted by molar-refractivity contribution is 8.03. The molecule has 1 heterocycles. The van der Waals surface area contributed by atoms with Crippen molar-refractivity contribution in [1.29, 1.82) is 0 Å². The Morgan fingerprint density at radius 2 is 2.62 bits per heavy atom. The smallest absolute Gasteiger partial charge is 0.0170 e. The number of allylic oxidation sites excluding steroid dienone is 4. The SMILES string of the molecule is [C]1=CC2=CCSC2=C1. The lowest BCUT2D eigenvalue weighted by Crippen LogP contribution is -1.63. The molecule has 2 rings (SSSR count). The number of hydrogen-bond donors (Lipinski definition) is 0. The lowest BCUT2D eigenvalue weighted by molar-refractivity contribution is 1.70. The first-order valence-corrected chi connectivity index (χ1v) is 3.58. The Bertz CT molecular complexity index is 196. The third kappa shape index (κ3) is 0.480. The van der Waals surface area contributed by atoms with Crippen molar-refractivity contribution in [3.05, 3.63) is 34.8 Å². The van der Waals surface area contributed by atoms with Crippen molar-refractivity contribution < 1.29 is 0 Å². The van der Waals surface area contributed by atoms with Gasteiger partial charge in [-0.15, -0.1) is 11.8 Å². The van der Waals surface area contributed by atoms with E-state index in [9.17, 15) is 0 Å². The van der Waals surface area contributed by atoms with Crippen LogP contribution in [-0.2, 0) is 0 Å². The molecule has 0 saturated heterocycles. The zero-order chi connectivity index (χ0) is 5.40. The van der Waals surface area contributed by atoms with Crippen LogP contribution in [0.25, 0.3) is 0 Å². The van der Waals surface area contributed by atoms with Gasteiger partial charge < -0.3 is 0 Å². The zero-order valence-electron chi connectivity index (χ0n) is 4.35. The van der Waals surface area contributed by atoms with Crippen molar-refractivity contribution in [3.8, 4) is 0 Å². The molecule has 0 unspecified atom stereocenters. The average Bonchev–Trinajstić information content (AvgIpc) is 2.15. The van der Waals surface area contributed by atoms with Gasteiger partial charge in [0.1, 0.15) is 0 Å². The van der Waals surface area contributed by atoms with Crippen molar-refractivity contribution in [2.24, 2.45) is 0 Å². The molecular formula is C7H5S. The van der Waals surface area contributed by atoms with Crippen LogP contribution < -0.4 is 0 Å². The minimum absolute atomic E-state index is 1.15. The molecule has 1 heteroatoms. The van der Waals surface area contributed by atoms with Crippen LogP contribution in [0.3, 0.4) is 0 Å². The number of fused-ring (bicyclic) bond motifs is 1. The summed E-state index contributed by atoms with van der Waals surface area (Å²) in [6, 6.07) is 0. The van der Waals surface area contributed by atoms with Crippen molar-refractivity contribution in [1.82, 2.24) is 0 Å². The Balaban J connectivity index is 2.49. The van der Waals surface area contributed by atoms with Crippen LogP contribution in [0.15, 0.2) is 28.7 Å². The molecule has 39 valence electrons. The first-order chi connectivity index (χ1) is 3.97. The van der Waals surface area contributed by atoms with E-state index in [1.54, 1.807) is 0 Å². The van der Waals surface area contributed by atoms with E-state index < -0.39 is 0 Å². The molecule has 1 aliphatic carbocycles. The molecule has 0 atom stereocenters. The summed E-state index contributed by atoms with van der Waals surface area (Å²) < 4.78 is 0. The van der Waals surface area contributed by atoms with Gasteiger partial charge in [0, 0.05) is 10.7 Å². The van der Waals surface area contributed by atoms with Crippen LogP contribution in [0, 0.1) is 6.08 Å². The summed E-state index contributed by atoms with van der Waals surface area (Å²) in [4.78, 5) is 1.39. The van der Waals surface area contributed by atoms with Gasteiger partial charge in [0.15, 0.2) is 0 Å². The lowest BCUT2D eigenvalue weighted by Gasteiger charge is -1.87. The first-order valence-electron chi connectivity index (χ1n) is 2.59. The Hall–Kier alpha value is -0.430. The topological polar surface area (TPSA) is 0 Å². The van der Waals surface area contributed by atoms with E-state index in [4.69, 9.17) is 0 Å². The summed E-state index contributed by atoms with van der Waals surface area (Å²) in [5.74, 6) is 1.15. The second-order valence-corrected chi connectivity index (χ2v) is 2.85. The second-order valence-electron chi connectivity index (χ2n) is 1.79. The Morgan fingerprint density at radius 3 is 3.50 bits per heavy atom. The molecule has 0 aromatic heterocycles. The van der Waals surface area contributed by atoms with E-state index in [0.717, 1.165) is 5.75 Å². The van der Waals surface area contributed by atoms with Crippen molar-refractivity contribution in [2.75, 3.05) is 5.75 Å². The molecular weight excluding hydrogens is 116 g/mol. The lowest BCUT2D eigenvalue weighted by atomic mass is 10.3. The van der Waals surface area contributed by atoms with Crippen molar-refractivity contribution >= 4 is 11.8 Å². The van der Waals surface area contributed by atoms with Gasteiger partial charge in [-0.1, -0.05) is 6.08 Å². The molecule has 8 heavy (non-hydrogen) atoms. The Morgan fingerprint density at radius 1 is 1.62 bits per heavy atom. The molecule has 0 fully saturated rings. The number of hydrogen-bond acceptors (Lipinski definition) is 1. The molecule has 0 saturated carbocycles. The van der Waals surface area contributed by atoms with Crippen molar-refractivity contribution in [3.63, 3.8) is 0 Å². The minimum Gasteiger partial charge on any atom is -0.121 e. The monoisotopic (exact) mass is 121 g/mol. The van der Waals surface area contributed by atoms with Crippen LogP contribution in [0.1, 0.15) is 0 Å². The normalized spacial score (nSPS) is 23.0. The summed E-state index contributed by atoms with van der Waals surface area (Å²) in [6.07, 6.45) is 9.36. The van der Waals surface area contributed by atoms with E-state index in [2.05, 4.69) is 12.2 Å². The maximum Gasteiger partial charge on any atom is 0.0170 e. The van der Waals surface area contributed by atoms with E-state index in [1.165, 1.54) is 10.5 Å². The van der Waals surface area contributed by atoms with Crippen LogP contribution in [0.2, 0.25) is 0 Å². The standard InChI is InChI=1S/C7H5S/c1-2-6-4-5-8-7(6)3-1/h2-4H,5H2. The fourth-order valence-corrected chi connectivity index (χ4v) is 1.77. The van der Waals surface area contributed by atoms with Gasteiger partial charge >= 0.3 is 0 Å². The molecule has 0 spiro atoms. The van der Waals surface area contributed by atoms with E-state index >= 15 is 0 Å². The van der Waals surface area contributed by atoms with Gasteiger partial charge in [-0.25, -0.2) is 0 Å². The van der Waals surface area contributed by atoms with Gasteiger partial charge in [0.25, 0.3) is 0 Å². The third-order valence-electron chi connectivity index (χ3n) is 1.28. The van der Waals surface area contributed by atoms with E-state index in [1.807, 2.05) is 23.9 Å². The van der Waals surface area contributed by atoms with Crippen LogP contribution in [0.4, 0.5) is 0 Å². The largest absolute Gasteiger partial charge is 0.121 e. The summed E-state index contributed by atoms with van der Waals surface area (Å²) in [5, 5.41) is 0. The summed E-state index contributed by atoms with van der Waals surface area (Å²) >= 11 is 1.89. The van der Waals surface area contributed by atoms with Crippen molar-refractivity contribution in [2.45, 2.75) is 0 Å². The summed E-state index contributed by atoms with van der Waals surface area (Å²) in [5.41, 5.74) is 1.37. The molecule has 1 aliphatic heterocycles. The van der Waals surface area contributed by atoms with Gasteiger partial charge in [-0.2, -0.15) is 0 Å². The van der Waals surface area contributed by atoms with Gasteiger partial charge in [0.2, 0.25) is 0 Å². The highest BCUT2D eigenvalue weighted by atomic mass is 32.2. The summed E-state index contributed by atoms with van der Waals surface area (Å²) in [6.45, 7) is 0. The maximum atomic E-state index is 3.05. The predicted molar refractivity (Wildman–Crippen MR) is 36.4 cm³/mol. The van der Waals surface area contributed by atoms with Gasteiger partial charge in [-0.05, 0) is 23.8 Å². The summed E-state index contributed by atoms with van der Waals surface area (Å²) in [7, 11) is 0. The Kier molecular flexibility index (Phi) is 0.847. The second kappa shape index (κ2) is 1.52. The van der Waals surface area contributed by atoms with Gasteiger partial charge in [0.05, 0.1) is 0 Å². The predicted octanol–water partition coefficient (Wildman–Crippen LogP) is 1.92. The maximum absolute atomic E-state index is 3.05. The highest BCUT2D eigenvalue weighted by Crippen LogP contribution is 2.34. The molecule has 0 bridgehead atoms. The number of thioether (sulfide) groups is 1. The third-order valence-corrected chi connectivity index (χ3v) is 2.28. The molecule has 0 nitrogen and oxygen atoms in total. The molecule has 1 radical (unpaired) electrons. The van der Waals surface area contributed by atoms with E-state index in [0.29, 0.717) is 0 Å². The fraction of sp³-hybridized carbons (Fsp3) is 0.143. The minimum atomic E-state index is 1.15. The fourth-order valence-electron chi connectivity index (χ4n) is 0.867. The zero-order valence-corrected chi connectivity index (χ0v) is 5.16. The quantitative estimate of drug-likeness (QED) is 0.472. The van der Waals surface area contributed by atoms with Gasteiger partial charge in [-0.3, -0.25) is 0 Å². The van der Waals surface area contributed by atoms with Crippen LogP contribution in [-0.4, -0.2) is 5.75 Å². The highest BCUT2D eigenvalue weighted by Gasteiger charge is 2.11. The molecule has 2 aliphatic rings. The number of rotatable bonds is 0. The van der Waals surface area contributed by atoms with Crippen LogP contribution >= 0.6 is 11.8 Å². The molecule has 0 aromatic carbocycles. The van der Waals surface area contributed by atoms with Crippen LogP contribution in [0.5, 0.6) is 0 Å². The first kappa shape index (κ1) is 4.45.